The maximum absolute atomic E-state index is 12.3. The Morgan fingerprint density at radius 3 is 2.00 bits per heavy atom. The van der Waals surface area contributed by atoms with Crippen LogP contribution in [0.15, 0.2) is 23.8 Å². The van der Waals surface area contributed by atoms with Gasteiger partial charge in [-0.05, 0) is 17.9 Å². The molecule has 0 spiro atoms. The van der Waals surface area contributed by atoms with Gasteiger partial charge < -0.3 is 0 Å². The maximum atomic E-state index is 12.3. The molecule has 0 aromatic carbocycles. The first-order valence-electron chi connectivity index (χ1n) is 4.64. The van der Waals surface area contributed by atoms with Crippen molar-refractivity contribution >= 4 is 0 Å². The van der Waals surface area contributed by atoms with Crippen LogP contribution in [0.3, 0.4) is 0 Å². The first kappa shape index (κ1) is 13.1. The second kappa shape index (κ2) is 4.14. The lowest BCUT2D eigenvalue weighted by molar-refractivity contribution is -0.270. The molecule has 0 heterocycles. The topological polar surface area (TPSA) is 0 Å². The van der Waals surface area contributed by atoms with E-state index in [0.717, 1.165) is 12.2 Å². The fourth-order valence-electron chi connectivity index (χ4n) is 1.63. The van der Waals surface area contributed by atoms with Crippen LogP contribution in [-0.4, -0.2) is 12.4 Å². The van der Waals surface area contributed by atoms with E-state index in [1.807, 2.05) is 0 Å². The van der Waals surface area contributed by atoms with Gasteiger partial charge in [0.25, 0.3) is 0 Å². The molecule has 0 N–H and O–H groups in total. The molecule has 0 bridgehead atoms. The van der Waals surface area contributed by atoms with E-state index in [-0.39, 0.29) is 5.92 Å². The summed E-state index contributed by atoms with van der Waals surface area (Å²) in [4.78, 5) is 0. The smallest absolute Gasteiger partial charge is 0.170 e. The number of hydrogen-bond donors (Lipinski definition) is 0. The minimum absolute atomic E-state index is 0.299. The van der Waals surface area contributed by atoms with Gasteiger partial charge in [0.05, 0.1) is 0 Å². The molecule has 1 rings (SSSR count). The van der Waals surface area contributed by atoms with Crippen molar-refractivity contribution in [3.8, 4) is 0 Å². The molecular formula is C10H10F6. The van der Waals surface area contributed by atoms with Crippen LogP contribution in [0.5, 0.6) is 0 Å². The predicted octanol–water partition coefficient (Wildman–Crippen LogP) is 4.25. The molecule has 6 heteroatoms. The van der Waals surface area contributed by atoms with Crippen molar-refractivity contribution in [2.75, 3.05) is 0 Å². The molecule has 1 unspecified atom stereocenters. The van der Waals surface area contributed by atoms with Gasteiger partial charge in [0.2, 0.25) is 0 Å². The highest BCUT2D eigenvalue weighted by Crippen LogP contribution is 2.45. The molecule has 0 saturated carbocycles. The normalized spacial score (nSPS) is 22.5. The van der Waals surface area contributed by atoms with E-state index in [9.17, 15) is 26.3 Å². The average Bonchev–Trinajstić information content (AvgIpc) is 1.97. The van der Waals surface area contributed by atoms with E-state index in [0.29, 0.717) is 6.42 Å². The molecule has 0 aliphatic heterocycles. The lowest BCUT2D eigenvalue weighted by Gasteiger charge is -2.26. The first-order valence-corrected chi connectivity index (χ1v) is 4.64. The van der Waals surface area contributed by atoms with Crippen molar-refractivity contribution in [1.29, 1.82) is 0 Å². The molecule has 0 amide bonds. The number of hydrogen-bond acceptors (Lipinski definition) is 0. The molecule has 1 aliphatic carbocycles. The Labute approximate surface area is 88.6 Å². The fraction of sp³-hybridized carbons (Fsp3) is 0.600. The van der Waals surface area contributed by atoms with Gasteiger partial charge in [0, 0.05) is 0 Å². The van der Waals surface area contributed by atoms with Crippen molar-refractivity contribution in [1.82, 2.24) is 0 Å². The number of allylic oxidation sites excluding steroid dienone is 4. The fourth-order valence-corrected chi connectivity index (χ4v) is 1.63. The number of alkyl halides is 6. The van der Waals surface area contributed by atoms with E-state index in [1.165, 1.54) is 6.08 Å². The van der Waals surface area contributed by atoms with Gasteiger partial charge in [-0.3, -0.25) is 0 Å². The molecular weight excluding hydrogens is 234 g/mol. The Morgan fingerprint density at radius 1 is 1.12 bits per heavy atom. The van der Waals surface area contributed by atoms with Gasteiger partial charge >= 0.3 is 12.4 Å². The molecule has 0 saturated heterocycles. The minimum atomic E-state index is -5.30. The van der Waals surface area contributed by atoms with Gasteiger partial charge in [0.15, 0.2) is 5.92 Å². The van der Waals surface area contributed by atoms with E-state index < -0.39 is 23.8 Å². The van der Waals surface area contributed by atoms with E-state index in [4.69, 9.17) is 0 Å². The zero-order chi connectivity index (χ0) is 12.6. The van der Waals surface area contributed by atoms with Crippen molar-refractivity contribution < 1.29 is 26.3 Å². The van der Waals surface area contributed by atoms with Crippen molar-refractivity contribution in [2.45, 2.75) is 25.7 Å². The third-order valence-corrected chi connectivity index (χ3v) is 2.28. The summed E-state index contributed by atoms with van der Waals surface area (Å²) < 4.78 is 74.0. The summed E-state index contributed by atoms with van der Waals surface area (Å²) in [5.74, 6) is -3.67. The van der Waals surface area contributed by atoms with Gasteiger partial charge in [0.1, 0.15) is 0 Å². The third-order valence-electron chi connectivity index (χ3n) is 2.28. The Bertz CT molecular complexity index is 292. The van der Waals surface area contributed by atoms with E-state index in [2.05, 4.69) is 0 Å². The summed E-state index contributed by atoms with van der Waals surface area (Å²) in [6.07, 6.45) is -6.86. The standard InChI is InChI=1S/C10H10F6/c1-6-3-2-4-7(5-6)8(9(11,12)13)10(14,15)16/h2,4-6,8H,3H2,1H3. The van der Waals surface area contributed by atoms with Gasteiger partial charge in [-0.1, -0.05) is 25.2 Å². The number of rotatable bonds is 1. The molecule has 0 nitrogen and oxygen atoms in total. The molecule has 16 heavy (non-hydrogen) atoms. The second-order valence-electron chi connectivity index (χ2n) is 3.80. The zero-order valence-electron chi connectivity index (χ0n) is 8.36. The summed E-state index contributed by atoms with van der Waals surface area (Å²) in [6.45, 7) is 1.58. The lowest BCUT2D eigenvalue weighted by atomic mass is 9.89. The summed E-state index contributed by atoms with van der Waals surface area (Å²) in [5, 5.41) is 0. The van der Waals surface area contributed by atoms with Gasteiger partial charge in [-0.15, -0.1) is 0 Å². The predicted molar refractivity (Wildman–Crippen MR) is 46.6 cm³/mol. The highest BCUT2D eigenvalue weighted by Gasteiger charge is 2.57. The Kier molecular flexibility index (Phi) is 3.40. The molecule has 92 valence electrons. The van der Waals surface area contributed by atoms with Crippen LogP contribution < -0.4 is 0 Å². The summed E-state index contributed by atoms with van der Waals surface area (Å²) in [7, 11) is 0. The highest BCUT2D eigenvalue weighted by molar-refractivity contribution is 5.28. The Morgan fingerprint density at radius 2 is 1.62 bits per heavy atom. The highest BCUT2D eigenvalue weighted by atomic mass is 19.4. The van der Waals surface area contributed by atoms with E-state index >= 15 is 0 Å². The molecule has 0 aromatic rings. The molecule has 0 aromatic heterocycles. The quantitative estimate of drug-likeness (QED) is 0.605. The summed E-state index contributed by atoms with van der Waals surface area (Å²) in [5.41, 5.74) is -0.709. The molecule has 1 atom stereocenters. The minimum Gasteiger partial charge on any atom is -0.170 e. The lowest BCUT2D eigenvalue weighted by Crippen LogP contribution is -2.37. The third kappa shape index (κ3) is 3.02. The maximum Gasteiger partial charge on any atom is 0.404 e. The Hall–Kier alpha value is -0.940. The monoisotopic (exact) mass is 244 g/mol. The van der Waals surface area contributed by atoms with E-state index in [1.54, 1.807) is 6.92 Å². The van der Waals surface area contributed by atoms with Crippen LogP contribution in [0.4, 0.5) is 26.3 Å². The van der Waals surface area contributed by atoms with Crippen molar-refractivity contribution in [3.63, 3.8) is 0 Å². The number of halogens is 6. The molecule has 1 aliphatic rings. The first-order chi connectivity index (χ1) is 7.12. The Balaban J connectivity index is 3.08. The van der Waals surface area contributed by atoms with Crippen LogP contribution in [0.25, 0.3) is 0 Å². The summed E-state index contributed by atoms with van der Waals surface area (Å²) >= 11 is 0. The summed E-state index contributed by atoms with van der Waals surface area (Å²) in [6, 6.07) is 0. The van der Waals surface area contributed by atoms with Gasteiger partial charge in [-0.25, -0.2) is 0 Å². The van der Waals surface area contributed by atoms with Crippen molar-refractivity contribution in [3.05, 3.63) is 23.8 Å². The molecule has 0 fully saturated rings. The SMILES string of the molecule is CC1C=C(C(C(F)(F)F)C(F)(F)F)C=CC1. The van der Waals surface area contributed by atoms with Crippen LogP contribution in [0, 0.1) is 11.8 Å². The van der Waals surface area contributed by atoms with Crippen LogP contribution in [0.1, 0.15) is 13.3 Å². The largest absolute Gasteiger partial charge is 0.404 e. The second-order valence-corrected chi connectivity index (χ2v) is 3.80. The van der Waals surface area contributed by atoms with Gasteiger partial charge in [-0.2, -0.15) is 26.3 Å². The van der Waals surface area contributed by atoms with Crippen molar-refractivity contribution in [2.24, 2.45) is 11.8 Å². The van der Waals surface area contributed by atoms with Crippen LogP contribution in [-0.2, 0) is 0 Å². The van der Waals surface area contributed by atoms with Crippen LogP contribution >= 0.6 is 0 Å². The zero-order valence-corrected chi connectivity index (χ0v) is 8.36. The molecule has 0 radical (unpaired) electrons. The van der Waals surface area contributed by atoms with Crippen LogP contribution in [0.2, 0.25) is 0 Å². The average molecular weight is 244 g/mol.